The van der Waals surface area contributed by atoms with Crippen molar-refractivity contribution in [2.24, 2.45) is 0 Å². The van der Waals surface area contributed by atoms with Gasteiger partial charge < -0.3 is 10.5 Å². The van der Waals surface area contributed by atoms with Crippen LogP contribution in [0, 0.1) is 0 Å². The van der Waals surface area contributed by atoms with Gasteiger partial charge >= 0.3 is 5.97 Å². The number of hydrogen-bond acceptors (Lipinski definition) is 4. The molecule has 0 atom stereocenters. The number of carbonyl (C=O) groups excluding carboxylic acids is 1. The molecule has 0 aliphatic heterocycles. The van der Waals surface area contributed by atoms with Crippen molar-refractivity contribution in [2.45, 2.75) is 6.92 Å². The largest absolute Gasteiger partial charge is 0.462 e. The quantitative estimate of drug-likeness (QED) is 0.623. The predicted octanol–water partition coefficient (Wildman–Crippen LogP) is 1.84. The minimum absolute atomic E-state index is 0.334. The number of nitrogen functional groups attached to an aromatic ring is 1. The molecule has 0 aliphatic carbocycles. The summed E-state index contributed by atoms with van der Waals surface area (Å²) in [7, 11) is 0. The van der Waals surface area contributed by atoms with E-state index < -0.39 is 5.97 Å². The fourth-order valence-corrected chi connectivity index (χ4v) is 1.56. The Morgan fingerprint density at radius 2 is 2.35 bits per heavy atom. The molecule has 0 fully saturated rings. The normalized spacial score (nSPS) is 10.2. The fourth-order valence-electron chi connectivity index (χ4n) is 1.56. The Kier molecular flexibility index (Phi) is 3.09. The number of carbonyl (C=O) groups is 1. The van der Waals surface area contributed by atoms with Gasteiger partial charge in [0.15, 0.2) is 0 Å². The zero-order valence-corrected chi connectivity index (χ0v) is 9.43. The number of benzene rings is 1. The third-order valence-corrected chi connectivity index (χ3v) is 2.31. The molecule has 88 valence electrons. The van der Waals surface area contributed by atoms with E-state index in [4.69, 9.17) is 10.5 Å². The van der Waals surface area contributed by atoms with Crippen molar-refractivity contribution in [2.75, 3.05) is 12.3 Å². The summed E-state index contributed by atoms with van der Waals surface area (Å²) in [6, 6.07) is 7.23. The number of rotatable bonds is 3. The second-order valence-corrected chi connectivity index (χ2v) is 3.50. The molecule has 0 aliphatic rings. The molecule has 1 heterocycles. The van der Waals surface area contributed by atoms with Crippen LogP contribution in [0.15, 0.2) is 30.5 Å². The van der Waals surface area contributed by atoms with Crippen molar-refractivity contribution in [1.29, 1.82) is 0 Å². The van der Waals surface area contributed by atoms with Crippen molar-refractivity contribution in [3.05, 3.63) is 36.0 Å². The second kappa shape index (κ2) is 4.69. The summed E-state index contributed by atoms with van der Waals surface area (Å²) in [4.78, 5) is 11.7. The van der Waals surface area contributed by atoms with Gasteiger partial charge in [0.2, 0.25) is 0 Å². The summed E-state index contributed by atoms with van der Waals surface area (Å²) >= 11 is 0. The van der Waals surface area contributed by atoms with Crippen LogP contribution >= 0.6 is 0 Å². The molecular weight excluding hydrogens is 218 g/mol. The highest BCUT2D eigenvalue weighted by atomic mass is 16.5. The van der Waals surface area contributed by atoms with E-state index in [-0.39, 0.29) is 0 Å². The van der Waals surface area contributed by atoms with Crippen LogP contribution in [0.5, 0.6) is 0 Å². The number of nitrogens with two attached hydrogens (primary N) is 1. The molecule has 17 heavy (non-hydrogen) atoms. The summed E-state index contributed by atoms with van der Waals surface area (Å²) in [6.45, 7) is 2.10. The van der Waals surface area contributed by atoms with E-state index in [1.54, 1.807) is 19.1 Å². The topological polar surface area (TPSA) is 81.0 Å². The highest BCUT2D eigenvalue weighted by Gasteiger charge is 2.16. The first-order chi connectivity index (χ1) is 8.22. The van der Waals surface area contributed by atoms with Gasteiger partial charge in [-0.1, -0.05) is 12.1 Å². The number of anilines is 1. The second-order valence-electron chi connectivity index (χ2n) is 3.50. The van der Waals surface area contributed by atoms with Gasteiger partial charge in [-0.05, 0) is 19.1 Å². The van der Waals surface area contributed by atoms with E-state index in [1.165, 1.54) is 6.20 Å². The van der Waals surface area contributed by atoms with Crippen molar-refractivity contribution in [3.8, 4) is 11.3 Å². The maximum Gasteiger partial charge on any atom is 0.341 e. The van der Waals surface area contributed by atoms with Crippen molar-refractivity contribution < 1.29 is 9.53 Å². The number of aromatic nitrogens is 2. The summed E-state index contributed by atoms with van der Waals surface area (Å²) in [5.74, 6) is -0.390. The molecule has 0 bridgehead atoms. The number of hydrogen-bond donors (Lipinski definition) is 2. The summed E-state index contributed by atoms with van der Waals surface area (Å²) < 4.78 is 4.95. The monoisotopic (exact) mass is 231 g/mol. The van der Waals surface area contributed by atoms with Crippen LogP contribution in [0.1, 0.15) is 17.3 Å². The Labute approximate surface area is 98.6 Å². The molecule has 0 saturated carbocycles. The number of esters is 1. The molecule has 0 radical (unpaired) electrons. The van der Waals surface area contributed by atoms with Gasteiger partial charge in [0.25, 0.3) is 0 Å². The molecule has 1 aromatic heterocycles. The zero-order valence-electron chi connectivity index (χ0n) is 9.43. The van der Waals surface area contributed by atoms with Crippen LogP contribution in [0.25, 0.3) is 11.3 Å². The van der Waals surface area contributed by atoms with Gasteiger partial charge in [0.05, 0.1) is 18.5 Å². The lowest BCUT2D eigenvalue weighted by Crippen LogP contribution is -2.05. The Hall–Kier alpha value is -2.30. The first-order valence-corrected chi connectivity index (χ1v) is 5.28. The maximum absolute atomic E-state index is 11.7. The van der Waals surface area contributed by atoms with E-state index in [1.807, 2.05) is 12.1 Å². The lowest BCUT2D eigenvalue weighted by molar-refractivity contribution is 0.0527. The van der Waals surface area contributed by atoms with Gasteiger partial charge in [0, 0.05) is 11.3 Å². The summed E-state index contributed by atoms with van der Waals surface area (Å²) in [5, 5.41) is 6.65. The molecule has 0 amide bonds. The molecule has 0 saturated heterocycles. The third kappa shape index (κ3) is 2.28. The zero-order chi connectivity index (χ0) is 12.3. The van der Waals surface area contributed by atoms with E-state index >= 15 is 0 Å². The average Bonchev–Trinajstić information content (AvgIpc) is 2.78. The SMILES string of the molecule is CCOC(=O)c1cn[nH]c1-c1cccc(N)c1. The Bertz CT molecular complexity index is 534. The van der Waals surface area contributed by atoms with Gasteiger partial charge in [-0.2, -0.15) is 5.10 Å². The maximum atomic E-state index is 11.7. The molecule has 0 spiro atoms. The number of ether oxygens (including phenoxy) is 1. The van der Waals surface area contributed by atoms with Gasteiger partial charge in [0.1, 0.15) is 5.56 Å². The van der Waals surface area contributed by atoms with Crippen LogP contribution in [-0.2, 0) is 4.74 Å². The number of nitrogens with one attached hydrogen (secondary N) is 1. The van der Waals surface area contributed by atoms with Crippen molar-refractivity contribution in [1.82, 2.24) is 10.2 Å². The molecule has 2 rings (SSSR count). The Balaban J connectivity index is 2.40. The van der Waals surface area contributed by atoms with E-state index in [2.05, 4.69) is 10.2 Å². The standard InChI is InChI=1S/C12H13N3O2/c1-2-17-12(16)10-7-14-15-11(10)8-4-3-5-9(13)6-8/h3-7H,2,13H2,1H3,(H,14,15). The smallest absolute Gasteiger partial charge is 0.341 e. The first kappa shape index (κ1) is 11.2. The van der Waals surface area contributed by atoms with E-state index in [0.717, 1.165) is 5.56 Å². The highest BCUT2D eigenvalue weighted by Crippen LogP contribution is 2.23. The van der Waals surface area contributed by atoms with Crippen LogP contribution in [-0.4, -0.2) is 22.8 Å². The van der Waals surface area contributed by atoms with Crippen LogP contribution < -0.4 is 5.73 Å². The van der Waals surface area contributed by atoms with E-state index in [0.29, 0.717) is 23.6 Å². The van der Waals surface area contributed by atoms with Crippen LogP contribution in [0.2, 0.25) is 0 Å². The van der Waals surface area contributed by atoms with Gasteiger partial charge in [-0.3, -0.25) is 5.10 Å². The third-order valence-electron chi connectivity index (χ3n) is 2.31. The van der Waals surface area contributed by atoms with Gasteiger partial charge in [-0.15, -0.1) is 0 Å². The van der Waals surface area contributed by atoms with Crippen LogP contribution in [0.3, 0.4) is 0 Å². The number of H-pyrrole nitrogens is 1. The van der Waals surface area contributed by atoms with Crippen molar-refractivity contribution in [3.63, 3.8) is 0 Å². The number of aromatic amines is 1. The van der Waals surface area contributed by atoms with Crippen molar-refractivity contribution >= 4 is 11.7 Å². The lowest BCUT2D eigenvalue weighted by atomic mass is 10.1. The minimum atomic E-state index is -0.390. The highest BCUT2D eigenvalue weighted by molar-refractivity contribution is 5.96. The Morgan fingerprint density at radius 1 is 1.53 bits per heavy atom. The molecule has 3 N–H and O–H groups in total. The Morgan fingerprint density at radius 3 is 3.06 bits per heavy atom. The fraction of sp³-hybridized carbons (Fsp3) is 0.167. The number of nitrogens with zero attached hydrogens (tertiary/aromatic N) is 1. The lowest BCUT2D eigenvalue weighted by Gasteiger charge is -2.03. The minimum Gasteiger partial charge on any atom is -0.462 e. The first-order valence-electron chi connectivity index (χ1n) is 5.28. The molecule has 5 nitrogen and oxygen atoms in total. The molecule has 0 unspecified atom stereocenters. The molecular formula is C12H13N3O2. The van der Waals surface area contributed by atoms with E-state index in [9.17, 15) is 4.79 Å². The molecule has 2 aromatic rings. The molecule has 1 aromatic carbocycles. The van der Waals surface area contributed by atoms with Crippen LogP contribution in [0.4, 0.5) is 5.69 Å². The predicted molar refractivity (Wildman–Crippen MR) is 64.4 cm³/mol. The molecule has 5 heteroatoms. The van der Waals surface area contributed by atoms with Gasteiger partial charge in [-0.25, -0.2) is 4.79 Å². The summed E-state index contributed by atoms with van der Waals surface area (Å²) in [5.41, 5.74) is 8.18. The average molecular weight is 231 g/mol. The summed E-state index contributed by atoms with van der Waals surface area (Å²) in [6.07, 6.45) is 1.45.